The average molecular weight is 329 g/mol. The second-order valence-corrected chi connectivity index (χ2v) is 9.89. The highest BCUT2D eigenvalue weighted by atomic mass is 32.2. The Balaban J connectivity index is 1.79. The smallest absolute Gasteiger partial charge is 0.215 e. The van der Waals surface area contributed by atoms with Gasteiger partial charge >= 0.3 is 0 Å². The fourth-order valence-corrected chi connectivity index (χ4v) is 7.17. The van der Waals surface area contributed by atoms with Gasteiger partial charge in [-0.15, -0.1) is 0 Å². The maximum atomic E-state index is 12.9. The van der Waals surface area contributed by atoms with Crippen LogP contribution in [0.1, 0.15) is 40.0 Å². The number of nitrogens with one attached hydrogen (secondary N) is 1. The van der Waals surface area contributed by atoms with Crippen molar-refractivity contribution in [3.8, 4) is 0 Å². The topological polar surface area (TPSA) is 58.9 Å². The third-order valence-corrected chi connectivity index (χ3v) is 8.90. The van der Waals surface area contributed by atoms with Crippen LogP contribution in [0.2, 0.25) is 0 Å². The third kappa shape index (κ3) is 2.26. The molecule has 3 aliphatic rings. The van der Waals surface area contributed by atoms with Crippen LogP contribution >= 0.6 is 0 Å². The van der Waals surface area contributed by atoms with Gasteiger partial charge in [0.25, 0.3) is 0 Å². The van der Waals surface area contributed by atoms with Crippen LogP contribution in [0.15, 0.2) is 0 Å². The fraction of sp³-hybridized carbons (Fsp3) is 0.938. The van der Waals surface area contributed by atoms with Gasteiger partial charge in [-0.1, -0.05) is 13.8 Å². The molecule has 0 aromatic heterocycles. The molecule has 0 aromatic carbocycles. The van der Waals surface area contributed by atoms with Gasteiger partial charge in [0, 0.05) is 11.8 Å². The molecule has 2 aliphatic carbocycles. The van der Waals surface area contributed by atoms with Crippen LogP contribution in [-0.4, -0.2) is 57.0 Å². The molecule has 2 bridgehead atoms. The van der Waals surface area contributed by atoms with Crippen molar-refractivity contribution in [1.29, 1.82) is 0 Å². The summed E-state index contributed by atoms with van der Waals surface area (Å²) in [5.74, 6) is 0.593. The van der Waals surface area contributed by atoms with Crippen LogP contribution in [0.3, 0.4) is 0 Å². The Kier molecular flexibility index (Phi) is 3.94. The second kappa shape index (κ2) is 5.28. The zero-order valence-corrected chi connectivity index (χ0v) is 14.8. The minimum atomic E-state index is -3.35. The molecule has 1 N–H and O–H groups in total. The van der Waals surface area contributed by atoms with E-state index >= 15 is 0 Å². The van der Waals surface area contributed by atoms with Crippen molar-refractivity contribution in [2.75, 3.05) is 38.5 Å². The van der Waals surface area contributed by atoms with Gasteiger partial charge in [0.05, 0.1) is 38.5 Å². The molecule has 6 heteroatoms. The first-order chi connectivity index (χ1) is 10.2. The molecule has 5 nitrogen and oxygen atoms in total. The van der Waals surface area contributed by atoms with E-state index in [4.69, 9.17) is 0 Å². The number of rotatable bonds is 4. The highest BCUT2D eigenvalue weighted by Gasteiger charge is 2.65. The summed E-state index contributed by atoms with van der Waals surface area (Å²) in [6.45, 7) is 10.3. The van der Waals surface area contributed by atoms with Crippen molar-refractivity contribution < 1.29 is 18.1 Å². The summed E-state index contributed by atoms with van der Waals surface area (Å²) >= 11 is 0. The molecule has 0 unspecified atom stereocenters. The number of ketones is 1. The van der Waals surface area contributed by atoms with E-state index < -0.39 is 15.4 Å². The van der Waals surface area contributed by atoms with Gasteiger partial charge < -0.3 is 4.90 Å². The quantitative estimate of drug-likeness (QED) is 0.786. The van der Waals surface area contributed by atoms with Gasteiger partial charge in [0.1, 0.15) is 5.78 Å². The summed E-state index contributed by atoms with van der Waals surface area (Å²) in [6.07, 6.45) is 2.33. The Labute approximate surface area is 134 Å². The molecule has 2 saturated carbocycles. The summed E-state index contributed by atoms with van der Waals surface area (Å²) < 4.78 is 27.5. The minimum Gasteiger partial charge on any atom is -0.333 e. The lowest BCUT2D eigenvalue weighted by atomic mass is 9.70. The summed E-state index contributed by atoms with van der Waals surface area (Å²) in [5.41, 5.74) is -0.807. The van der Waals surface area contributed by atoms with Crippen LogP contribution in [0.5, 0.6) is 0 Å². The van der Waals surface area contributed by atoms with Crippen molar-refractivity contribution in [3.05, 3.63) is 0 Å². The molecule has 1 saturated heterocycles. The van der Waals surface area contributed by atoms with Crippen LogP contribution in [0.4, 0.5) is 0 Å². The summed E-state index contributed by atoms with van der Waals surface area (Å²) in [6, 6.07) is 0. The van der Waals surface area contributed by atoms with E-state index in [0.29, 0.717) is 25.4 Å². The number of hydrogen-bond acceptors (Lipinski definition) is 3. The molecule has 0 radical (unpaired) electrons. The number of piperazine rings is 1. The van der Waals surface area contributed by atoms with Gasteiger partial charge in [0.15, 0.2) is 0 Å². The lowest BCUT2D eigenvalue weighted by Crippen LogP contribution is -3.14. The molecule has 1 heterocycles. The number of nitrogens with zero attached hydrogens (tertiary/aromatic N) is 1. The summed E-state index contributed by atoms with van der Waals surface area (Å²) in [7, 11) is -3.35. The van der Waals surface area contributed by atoms with E-state index in [1.165, 1.54) is 4.90 Å². The lowest BCUT2D eigenvalue weighted by Gasteiger charge is -2.38. The van der Waals surface area contributed by atoms with Crippen molar-refractivity contribution in [2.45, 2.75) is 40.0 Å². The van der Waals surface area contributed by atoms with Gasteiger partial charge in [-0.2, -0.15) is 4.31 Å². The van der Waals surface area contributed by atoms with Crippen LogP contribution in [0, 0.1) is 16.7 Å². The molecule has 1 aliphatic heterocycles. The highest BCUT2D eigenvalue weighted by molar-refractivity contribution is 7.89. The highest BCUT2D eigenvalue weighted by Crippen LogP contribution is 2.64. The Morgan fingerprint density at radius 3 is 2.36 bits per heavy atom. The summed E-state index contributed by atoms with van der Waals surface area (Å²) in [5, 5.41) is 0. The predicted octanol–water partition coefficient (Wildman–Crippen LogP) is -0.0680. The number of sulfonamides is 1. The van der Waals surface area contributed by atoms with Crippen molar-refractivity contribution >= 4 is 15.8 Å². The number of Topliss-reactive ketones (excluding diaryl/α,β-unsaturated/α-hetero) is 1. The normalized spacial score (nSPS) is 36.1. The van der Waals surface area contributed by atoms with Crippen LogP contribution in [0.25, 0.3) is 0 Å². The number of fused-ring (bicyclic) bond motifs is 2. The SMILES string of the molecule is CC[NH+]1CCN(S(=O)(=O)C[C@@]23CC[C@H](CC2=O)C3(C)C)CC1. The molecular formula is C16H29N2O3S+. The number of quaternary nitrogens is 1. The van der Waals surface area contributed by atoms with Gasteiger partial charge in [0.2, 0.25) is 10.0 Å². The predicted molar refractivity (Wildman–Crippen MR) is 85.2 cm³/mol. The van der Waals surface area contributed by atoms with Gasteiger partial charge in [-0.05, 0) is 31.1 Å². The zero-order chi connectivity index (χ0) is 16.2. The number of carbonyl (C=O) groups is 1. The molecular weight excluding hydrogens is 300 g/mol. The first-order valence-corrected chi connectivity index (χ1v) is 10.2. The Bertz CT molecular complexity index is 564. The monoisotopic (exact) mass is 329 g/mol. The zero-order valence-electron chi connectivity index (χ0n) is 14.0. The minimum absolute atomic E-state index is 0.0315. The molecule has 22 heavy (non-hydrogen) atoms. The third-order valence-electron chi connectivity index (χ3n) is 6.89. The van der Waals surface area contributed by atoms with E-state index in [9.17, 15) is 13.2 Å². The van der Waals surface area contributed by atoms with Gasteiger partial charge in [-0.3, -0.25) is 4.79 Å². The molecule has 3 rings (SSSR count). The van der Waals surface area contributed by atoms with Gasteiger partial charge in [-0.25, -0.2) is 8.42 Å². The van der Waals surface area contributed by atoms with E-state index in [0.717, 1.165) is 32.5 Å². The number of hydrogen-bond donors (Lipinski definition) is 1. The fourth-order valence-electron chi connectivity index (χ4n) is 4.94. The lowest BCUT2D eigenvalue weighted by molar-refractivity contribution is -0.901. The molecule has 0 spiro atoms. The molecule has 0 aromatic rings. The van der Waals surface area contributed by atoms with Crippen LogP contribution < -0.4 is 4.90 Å². The molecule has 126 valence electrons. The molecule has 3 fully saturated rings. The first kappa shape index (κ1) is 16.4. The largest absolute Gasteiger partial charge is 0.333 e. The summed E-state index contributed by atoms with van der Waals surface area (Å²) in [4.78, 5) is 14.0. The Morgan fingerprint density at radius 1 is 1.27 bits per heavy atom. The first-order valence-electron chi connectivity index (χ1n) is 8.57. The number of likely N-dealkylation sites (N-methyl/N-ethyl adjacent to an activating group) is 1. The van der Waals surface area contributed by atoms with Crippen LogP contribution in [-0.2, 0) is 14.8 Å². The Hall–Kier alpha value is -0.460. The number of carbonyl (C=O) groups excluding carboxylic acids is 1. The van der Waals surface area contributed by atoms with Crippen molar-refractivity contribution in [3.63, 3.8) is 0 Å². The van der Waals surface area contributed by atoms with E-state index in [-0.39, 0.29) is 17.0 Å². The maximum Gasteiger partial charge on any atom is 0.215 e. The average Bonchev–Trinajstić information content (AvgIpc) is 2.81. The Morgan fingerprint density at radius 2 is 1.91 bits per heavy atom. The van der Waals surface area contributed by atoms with E-state index in [2.05, 4.69) is 20.8 Å². The molecule has 2 atom stereocenters. The molecule has 0 amide bonds. The standard InChI is InChI=1S/C16H28N2O3S/c1-4-17-7-9-18(10-8-17)22(20,21)12-16-6-5-13(11-14(16)19)15(16,2)3/h13H,4-12H2,1-3H3/p+1/t13-,16+/m1/s1. The van der Waals surface area contributed by atoms with E-state index in [1.807, 2.05) is 0 Å². The maximum absolute atomic E-state index is 12.9. The van der Waals surface area contributed by atoms with Crippen molar-refractivity contribution in [1.82, 2.24) is 4.31 Å². The van der Waals surface area contributed by atoms with E-state index in [1.54, 1.807) is 4.31 Å². The van der Waals surface area contributed by atoms with Crippen molar-refractivity contribution in [2.24, 2.45) is 16.7 Å². The second-order valence-electron chi connectivity index (χ2n) is 7.93.